The molecule has 0 radical (unpaired) electrons. The van der Waals surface area contributed by atoms with Gasteiger partial charge < -0.3 is 10.6 Å². The molecule has 1 aromatic rings. The van der Waals surface area contributed by atoms with E-state index >= 15 is 0 Å². The number of carbonyl (C=O) groups excluding carboxylic acids is 1. The molecule has 17 heavy (non-hydrogen) atoms. The summed E-state index contributed by atoms with van der Waals surface area (Å²) in [5.74, 6) is -0.146. The third-order valence-electron chi connectivity index (χ3n) is 2.69. The Balaban J connectivity index is 2.75. The van der Waals surface area contributed by atoms with Gasteiger partial charge in [0.1, 0.15) is 5.82 Å². The summed E-state index contributed by atoms with van der Waals surface area (Å²) in [6.07, 6.45) is 0. The zero-order valence-corrected chi connectivity index (χ0v) is 10.3. The van der Waals surface area contributed by atoms with Crippen molar-refractivity contribution < 1.29 is 9.18 Å². The molecule has 1 amide bonds. The minimum absolute atomic E-state index is 0.0761. The van der Waals surface area contributed by atoms with E-state index in [-0.39, 0.29) is 17.6 Å². The molecule has 0 fully saturated rings. The van der Waals surface area contributed by atoms with Crippen LogP contribution in [0.2, 0.25) is 0 Å². The standard InChI is InChI=1S/C13H19FN2O/c1-3-16(9-10(2)8-15)13(17)11-4-6-12(14)7-5-11/h4-7,10H,3,8-9,15H2,1-2H3. The lowest BCUT2D eigenvalue weighted by atomic mass is 10.1. The van der Waals surface area contributed by atoms with Gasteiger partial charge >= 0.3 is 0 Å². The lowest BCUT2D eigenvalue weighted by molar-refractivity contribution is 0.0743. The van der Waals surface area contributed by atoms with Gasteiger partial charge in [-0.2, -0.15) is 0 Å². The van der Waals surface area contributed by atoms with Gasteiger partial charge in [-0.1, -0.05) is 6.92 Å². The molecule has 0 saturated carbocycles. The van der Waals surface area contributed by atoms with Crippen molar-refractivity contribution in [2.24, 2.45) is 11.7 Å². The summed E-state index contributed by atoms with van der Waals surface area (Å²) in [6.45, 7) is 5.72. The first-order chi connectivity index (χ1) is 8.08. The van der Waals surface area contributed by atoms with E-state index in [9.17, 15) is 9.18 Å². The summed E-state index contributed by atoms with van der Waals surface area (Å²) in [6, 6.07) is 5.61. The molecular weight excluding hydrogens is 219 g/mol. The monoisotopic (exact) mass is 238 g/mol. The molecule has 3 nitrogen and oxygen atoms in total. The summed E-state index contributed by atoms with van der Waals surface area (Å²) in [5, 5.41) is 0. The molecule has 1 atom stereocenters. The van der Waals surface area contributed by atoms with Gasteiger partial charge in [-0.3, -0.25) is 4.79 Å². The van der Waals surface area contributed by atoms with Crippen molar-refractivity contribution >= 4 is 5.91 Å². The number of carbonyl (C=O) groups is 1. The predicted octanol–water partition coefficient (Wildman–Crippen LogP) is 1.88. The summed E-state index contributed by atoms with van der Waals surface area (Å²) in [4.78, 5) is 13.8. The molecule has 1 aromatic carbocycles. The van der Waals surface area contributed by atoms with Crippen LogP contribution < -0.4 is 5.73 Å². The Hall–Kier alpha value is -1.42. The number of halogens is 1. The third kappa shape index (κ3) is 3.82. The van der Waals surface area contributed by atoms with Crippen LogP contribution in [0.25, 0.3) is 0 Å². The van der Waals surface area contributed by atoms with Gasteiger partial charge in [0.2, 0.25) is 0 Å². The van der Waals surface area contributed by atoms with Crippen molar-refractivity contribution in [3.63, 3.8) is 0 Å². The van der Waals surface area contributed by atoms with Gasteiger partial charge in [-0.15, -0.1) is 0 Å². The Morgan fingerprint density at radius 2 is 2.00 bits per heavy atom. The molecule has 0 aliphatic rings. The molecule has 0 bridgehead atoms. The van der Waals surface area contributed by atoms with Gasteiger partial charge in [0.15, 0.2) is 0 Å². The summed E-state index contributed by atoms with van der Waals surface area (Å²) in [7, 11) is 0. The number of nitrogens with zero attached hydrogens (tertiary/aromatic N) is 1. The second kappa shape index (κ2) is 6.35. The molecule has 1 rings (SSSR count). The molecule has 0 aromatic heterocycles. The number of amides is 1. The van der Waals surface area contributed by atoms with Gasteiger partial charge in [-0.25, -0.2) is 4.39 Å². The molecule has 2 N–H and O–H groups in total. The smallest absolute Gasteiger partial charge is 0.253 e. The van der Waals surface area contributed by atoms with Crippen LogP contribution in [-0.2, 0) is 0 Å². The van der Waals surface area contributed by atoms with E-state index in [4.69, 9.17) is 5.73 Å². The Bertz CT molecular complexity index is 364. The topological polar surface area (TPSA) is 46.3 Å². The number of hydrogen-bond acceptors (Lipinski definition) is 2. The lowest BCUT2D eigenvalue weighted by Gasteiger charge is -2.24. The highest BCUT2D eigenvalue weighted by Gasteiger charge is 2.15. The zero-order chi connectivity index (χ0) is 12.8. The largest absolute Gasteiger partial charge is 0.339 e. The first-order valence-electron chi connectivity index (χ1n) is 5.83. The maximum Gasteiger partial charge on any atom is 0.253 e. The molecule has 0 aliphatic heterocycles. The zero-order valence-electron chi connectivity index (χ0n) is 10.3. The molecule has 94 valence electrons. The average molecular weight is 238 g/mol. The van der Waals surface area contributed by atoms with Crippen LogP contribution in [0.15, 0.2) is 24.3 Å². The fraction of sp³-hybridized carbons (Fsp3) is 0.462. The van der Waals surface area contributed by atoms with Crippen molar-refractivity contribution in [2.45, 2.75) is 13.8 Å². The quantitative estimate of drug-likeness (QED) is 0.851. The fourth-order valence-electron chi connectivity index (χ4n) is 1.58. The van der Waals surface area contributed by atoms with E-state index < -0.39 is 0 Å². The van der Waals surface area contributed by atoms with E-state index in [1.54, 1.807) is 4.90 Å². The summed E-state index contributed by atoms with van der Waals surface area (Å²) >= 11 is 0. The van der Waals surface area contributed by atoms with Crippen LogP contribution in [0.5, 0.6) is 0 Å². The van der Waals surface area contributed by atoms with Crippen molar-refractivity contribution in [1.29, 1.82) is 0 Å². The Morgan fingerprint density at radius 3 is 2.47 bits per heavy atom. The van der Waals surface area contributed by atoms with E-state index in [1.165, 1.54) is 24.3 Å². The Morgan fingerprint density at radius 1 is 1.41 bits per heavy atom. The van der Waals surface area contributed by atoms with E-state index in [1.807, 2.05) is 13.8 Å². The predicted molar refractivity (Wildman–Crippen MR) is 66.2 cm³/mol. The molecular formula is C13H19FN2O. The number of nitrogens with two attached hydrogens (primary N) is 1. The molecule has 0 saturated heterocycles. The number of rotatable bonds is 5. The van der Waals surface area contributed by atoms with E-state index in [2.05, 4.69) is 0 Å². The van der Waals surface area contributed by atoms with Crippen molar-refractivity contribution in [3.8, 4) is 0 Å². The Labute approximate surface area is 101 Å². The van der Waals surface area contributed by atoms with Gasteiger partial charge in [0.05, 0.1) is 0 Å². The van der Waals surface area contributed by atoms with Crippen molar-refractivity contribution in [1.82, 2.24) is 4.90 Å². The average Bonchev–Trinajstić information content (AvgIpc) is 2.35. The SMILES string of the molecule is CCN(CC(C)CN)C(=O)c1ccc(F)cc1. The maximum atomic E-state index is 12.8. The molecule has 1 unspecified atom stereocenters. The molecule has 0 spiro atoms. The van der Waals surface area contributed by atoms with E-state index in [0.29, 0.717) is 25.2 Å². The molecule has 4 heteroatoms. The first kappa shape index (κ1) is 13.6. The van der Waals surface area contributed by atoms with Crippen LogP contribution in [0.3, 0.4) is 0 Å². The van der Waals surface area contributed by atoms with Crippen LogP contribution in [0, 0.1) is 11.7 Å². The van der Waals surface area contributed by atoms with Gasteiger partial charge in [0, 0.05) is 18.7 Å². The van der Waals surface area contributed by atoms with Crippen LogP contribution >= 0.6 is 0 Å². The van der Waals surface area contributed by atoms with Gasteiger partial charge in [-0.05, 0) is 43.7 Å². The minimum atomic E-state index is -0.333. The Kier molecular flexibility index (Phi) is 5.10. The third-order valence-corrected chi connectivity index (χ3v) is 2.69. The summed E-state index contributed by atoms with van der Waals surface area (Å²) in [5.41, 5.74) is 6.06. The molecule has 0 heterocycles. The van der Waals surface area contributed by atoms with Crippen LogP contribution in [0.1, 0.15) is 24.2 Å². The maximum absolute atomic E-state index is 12.8. The first-order valence-corrected chi connectivity index (χ1v) is 5.83. The second-order valence-corrected chi connectivity index (χ2v) is 4.19. The number of benzene rings is 1. The van der Waals surface area contributed by atoms with Crippen LogP contribution in [0.4, 0.5) is 4.39 Å². The normalized spacial score (nSPS) is 12.2. The second-order valence-electron chi connectivity index (χ2n) is 4.19. The van der Waals surface area contributed by atoms with Crippen molar-refractivity contribution in [2.75, 3.05) is 19.6 Å². The number of hydrogen-bond donors (Lipinski definition) is 1. The lowest BCUT2D eigenvalue weighted by Crippen LogP contribution is -2.36. The van der Waals surface area contributed by atoms with Crippen molar-refractivity contribution in [3.05, 3.63) is 35.6 Å². The highest BCUT2D eigenvalue weighted by molar-refractivity contribution is 5.94. The highest BCUT2D eigenvalue weighted by Crippen LogP contribution is 2.08. The van der Waals surface area contributed by atoms with Crippen LogP contribution in [-0.4, -0.2) is 30.4 Å². The summed E-state index contributed by atoms with van der Waals surface area (Å²) < 4.78 is 12.8. The minimum Gasteiger partial charge on any atom is -0.339 e. The highest BCUT2D eigenvalue weighted by atomic mass is 19.1. The molecule has 0 aliphatic carbocycles. The van der Waals surface area contributed by atoms with E-state index in [0.717, 1.165) is 0 Å². The van der Waals surface area contributed by atoms with Gasteiger partial charge in [0.25, 0.3) is 5.91 Å². The fourth-order valence-corrected chi connectivity index (χ4v) is 1.58.